The van der Waals surface area contributed by atoms with E-state index in [-0.39, 0.29) is 24.5 Å². The van der Waals surface area contributed by atoms with Gasteiger partial charge in [0.1, 0.15) is 5.75 Å². The molecule has 2 aromatic carbocycles. The summed E-state index contributed by atoms with van der Waals surface area (Å²) in [6.45, 7) is -2.88. The second-order valence-electron chi connectivity index (χ2n) is 5.65. The molecule has 0 saturated heterocycles. The first-order valence-corrected chi connectivity index (χ1v) is 8.04. The number of carbonyl (C=O) groups excluding carboxylic acids is 1. The largest absolute Gasteiger partial charge is 0.481 e. The van der Waals surface area contributed by atoms with Crippen molar-refractivity contribution in [2.45, 2.75) is 31.9 Å². The molecule has 1 unspecified atom stereocenters. The summed E-state index contributed by atoms with van der Waals surface area (Å²) in [6, 6.07) is 14.3. The van der Waals surface area contributed by atoms with E-state index >= 15 is 0 Å². The number of amides is 1. The summed E-state index contributed by atoms with van der Waals surface area (Å²) in [7, 11) is 0. The zero-order valence-corrected chi connectivity index (χ0v) is 13.9. The number of aryl methyl sites for hydroxylation is 1. The van der Waals surface area contributed by atoms with Gasteiger partial charge in [0.05, 0.1) is 12.5 Å². The molecule has 138 valence electrons. The Morgan fingerprint density at radius 1 is 1.04 bits per heavy atom. The van der Waals surface area contributed by atoms with Crippen molar-refractivity contribution >= 4 is 11.9 Å². The smallest absolute Gasteiger partial charge is 0.387 e. The Labute approximate surface area is 149 Å². The third-order valence-corrected chi connectivity index (χ3v) is 3.71. The van der Waals surface area contributed by atoms with E-state index in [0.29, 0.717) is 6.42 Å². The molecule has 2 rings (SSSR count). The van der Waals surface area contributed by atoms with Crippen LogP contribution in [0.5, 0.6) is 5.75 Å². The highest BCUT2D eigenvalue weighted by atomic mass is 19.3. The Kier molecular flexibility index (Phi) is 7.08. The topological polar surface area (TPSA) is 75.6 Å². The van der Waals surface area contributed by atoms with Gasteiger partial charge in [-0.15, -0.1) is 0 Å². The summed E-state index contributed by atoms with van der Waals surface area (Å²) in [5.74, 6) is -1.24. The van der Waals surface area contributed by atoms with Crippen LogP contribution in [0, 0.1) is 0 Å². The van der Waals surface area contributed by atoms with Crippen LogP contribution in [0.25, 0.3) is 0 Å². The van der Waals surface area contributed by atoms with Gasteiger partial charge in [-0.3, -0.25) is 9.59 Å². The van der Waals surface area contributed by atoms with Crippen LogP contribution >= 0.6 is 0 Å². The second-order valence-corrected chi connectivity index (χ2v) is 5.65. The zero-order chi connectivity index (χ0) is 18.9. The molecule has 0 aromatic heterocycles. The Morgan fingerprint density at radius 3 is 2.27 bits per heavy atom. The van der Waals surface area contributed by atoms with E-state index in [1.165, 1.54) is 12.1 Å². The van der Waals surface area contributed by atoms with Crippen LogP contribution < -0.4 is 10.1 Å². The molecule has 2 aromatic rings. The molecule has 0 aliphatic rings. The third-order valence-electron chi connectivity index (χ3n) is 3.71. The van der Waals surface area contributed by atoms with E-state index in [0.717, 1.165) is 11.1 Å². The van der Waals surface area contributed by atoms with Crippen molar-refractivity contribution < 1.29 is 28.2 Å². The average Bonchev–Trinajstić information content (AvgIpc) is 2.60. The van der Waals surface area contributed by atoms with Gasteiger partial charge in [-0.25, -0.2) is 0 Å². The second kappa shape index (κ2) is 9.50. The summed E-state index contributed by atoms with van der Waals surface area (Å²) in [4.78, 5) is 23.2. The molecule has 0 heterocycles. The SMILES string of the molecule is O=C(O)CC(NC(=O)CCc1ccc(OC(F)F)cc1)c1ccccc1. The lowest BCUT2D eigenvalue weighted by atomic mass is 10.0. The molecule has 0 fully saturated rings. The number of alkyl halides is 2. The maximum Gasteiger partial charge on any atom is 0.387 e. The van der Waals surface area contributed by atoms with Gasteiger partial charge in [0.2, 0.25) is 5.91 Å². The van der Waals surface area contributed by atoms with Crippen molar-refractivity contribution in [3.8, 4) is 5.75 Å². The molecule has 0 radical (unpaired) electrons. The molecule has 2 N–H and O–H groups in total. The van der Waals surface area contributed by atoms with Gasteiger partial charge in [-0.1, -0.05) is 42.5 Å². The first-order chi connectivity index (χ1) is 12.4. The van der Waals surface area contributed by atoms with Crippen molar-refractivity contribution in [3.63, 3.8) is 0 Å². The predicted molar refractivity (Wildman–Crippen MR) is 91.0 cm³/mol. The Morgan fingerprint density at radius 2 is 1.69 bits per heavy atom. The monoisotopic (exact) mass is 363 g/mol. The van der Waals surface area contributed by atoms with Gasteiger partial charge in [-0.05, 0) is 29.7 Å². The number of nitrogens with one attached hydrogen (secondary N) is 1. The number of carboxylic acid groups (broad SMARTS) is 1. The fourth-order valence-electron chi connectivity index (χ4n) is 2.47. The number of aliphatic carboxylic acids is 1. The van der Waals surface area contributed by atoms with Crippen molar-refractivity contribution in [1.29, 1.82) is 0 Å². The van der Waals surface area contributed by atoms with Gasteiger partial charge in [0.15, 0.2) is 0 Å². The lowest BCUT2D eigenvalue weighted by molar-refractivity contribution is -0.137. The number of ether oxygens (including phenoxy) is 1. The molecule has 0 bridgehead atoms. The summed E-state index contributed by atoms with van der Waals surface area (Å²) < 4.78 is 28.5. The van der Waals surface area contributed by atoms with Crippen LogP contribution in [0.15, 0.2) is 54.6 Å². The van der Waals surface area contributed by atoms with Crippen LogP contribution in [-0.4, -0.2) is 23.6 Å². The molecule has 5 nitrogen and oxygen atoms in total. The lowest BCUT2D eigenvalue weighted by Crippen LogP contribution is -2.30. The number of hydrogen-bond donors (Lipinski definition) is 2. The van der Waals surface area contributed by atoms with Crippen molar-refractivity contribution in [2.75, 3.05) is 0 Å². The van der Waals surface area contributed by atoms with Gasteiger partial charge in [-0.2, -0.15) is 8.78 Å². The van der Waals surface area contributed by atoms with Crippen molar-refractivity contribution in [1.82, 2.24) is 5.32 Å². The molecule has 7 heteroatoms. The number of benzene rings is 2. The zero-order valence-electron chi connectivity index (χ0n) is 13.9. The predicted octanol–water partition coefficient (Wildman–Crippen LogP) is 3.55. The minimum atomic E-state index is -2.88. The van der Waals surface area contributed by atoms with E-state index in [9.17, 15) is 18.4 Å². The average molecular weight is 363 g/mol. The van der Waals surface area contributed by atoms with Crippen LogP contribution in [0.3, 0.4) is 0 Å². The van der Waals surface area contributed by atoms with E-state index in [1.54, 1.807) is 36.4 Å². The molecule has 0 saturated carbocycles. The molecule has 0 aliphatic carbocycles. The molecule has 1 atom stereocenters. The maximum absolute atomic E-state index is 12.2. The molecule has 1 amide bonds. The van der Waals surface area contributed by atoms with E-state index in [2.05, 4.69) is 10.1 Å². The Hall–Kier alpha value is -2.96. The number of hydrogen-bond acceptors (Lipinski definition) is 3. The number of carboxylic acids is 1. The number of halogens is 2. The minimum Gasteiger partial charge on any atom is -0.481 e. The lowest BCUT2D eigenvalue weighted by Gasteiger charge is -2.17. The highest BCUT2D eigenvalue weighted by Gasteiger charge is 2.17. The molecule has 0 spiro atoms. The van der Waals surface area contributed by atoms with E-state index < -0.39 is 18.6 Å². The fourth-order valence-corrected chi connectivity index (χ4v) is 2.47. The van der Waals surface area contributed by atoms with Crippen LogP contribution in [-0.2, 0) is 16.0 Å². The molecule has 26 heavy (non-hydrogen) atoms. The Bertz CT molecular complexity index is 720. The normalized spacial score (nSPS) is 11.8. The quantitative estimate of drug-likeness (QED) is 0.714. The molecular weight excluding hydrogens is 344 g/mol. The summed E-state index contributed by atoms with van der Waals surface area (Å²) in [6.07, 6.45) is 0.336. The van der Waals surface area contributed by atoms with Gasteiger partial charge in [0, 0.05) is 6.42 Å². The number of carbonyl (C=O) groups is 2. The van der Waals surface area contributed by atoms with Crippen molar-refractivity contribution in [3.05, 3.63) is 65.7 Å². The van der Waals surface area contributed by atoms with Crippen molar-refractivity contribution in [2.24, 2.45) is 0 Å². The Balaban J connectivity index is 1.90. The summed E-state index contributed by atoms with van der Waals surface area (Å²) in [5.41, 5.74) is 1.51. The van der Waals surface area contributed by atoms with E-state index in [4.69, 9.17) is 5.11 Å². The maximum atomic E-state index is 12.2. The summed E-state index contributed by atoms with van der Waals surface area (Å²) >= 11 is 0. The first kappa shape index (κ1) is 19.4. The van der Waals surface area contributed by atoms with Gasteiger partial charge >= 0.3 is 12.6 Å². The third kappa shape index (κ3) is 6.51. The van der Waals surface area contributed by atoms with Gasteiger partial charge < -0.3 is 15.2 Å². The first-order valence-electron chi connectivity index (χ1n) is 8.04. The molecular formula is C19H19F2NO4. The minimum absolute atomic E-state index is 0.0544. The number of rotatable bonds is 9. The van der Waals surface area contributed by atoms with Crippen LogP contribution in [0.2, 0.25) is 0 Å². The van der Waals surface area contributed by atoms with Crippen LogP contribution in [0.1, 0.15) is 30.0 Å². The standard InChI is InChI=1S/C19H19F2NO4/c20-19(21)26-15-9-6-13(7-10-15)8-11-17(23)22-16(12-18(24)25)14-4-2-1-3-5-14/h1-7,9-10,16,19H,8,11-12H2,(H,22,23)(H,24,25). The van der Waals surface area contributed by atoms with E-state index in [1.807, 2.05) is 6.07 Å². The molecule has 0 aliphatic heterocycles. The summed E-state index contributed by atoms with van der Waals surface area (Å²) in [5, 5.41) is 11.8. The highest BCUT2D eigenvalue weighted by Crippen LogP contribution is 2.18. The van der Waals surface area contributed by atoms with Gasteiger partial charge in [0.25, 0.3) is 0 Å². The highest BCUT2D eigenvalue weighted by molar-refractivity contribution is 5.78. The fraction of sp³-hybridized carbons (Fsp3) is 0.263. The van der Waals surface area contributed by atoms with Crippen LogP contribution in [0.4, 0.5) is 8.78 Å².